The fourth-order valence-corrected chi connectivity index (χ4v) is 3.82. The molecule has 0 aliphatic heterocycles. The first kappa shape index (κ1) is 20.7. The number of halogens is 1. The van der Waals surface area contributed by atoms with Crippen LogP contribution in [0.4, 0.5) is 10.1 Å². The van der Waals surface area contributed by atoms with E-state index in [4.69, 9.17) is 0 Å². The molecule has 8 heteroatoms. The first-order chi connectivity index (χ1) is 15.0. The van der Waals surface area contributed by atoms with Gasteiger partial charge in [0.25, 0.3) is 17.4 Å². The van der Waals surface area contributed by atoms with Crippen LogP contribution in [0.25, 0.3) is 5.65 Å². The summed E-state index contributed by atoms with van der Waals surface area (Å²) in [5.41, 5.74) is 0.360. The Bertz CT molecular complexity index is 1170. The maximum Gasteiger partial charge on any atom is 0.281 e. The van der Waals surface area contributed by atoms with Crippen molar-refractivity contribution >= 4 is 23.1 Å². The summed E-state index contributed by atoms with van der Waals surface area (Å²) in [6.45, 7) is 0.623. The van der Waals surface area contributed by atoms with Crippen molar-refractivity contribution < 1.29 is 14.0 Å². The van der Waals surface area contributed by atoms with Gasteiger partial charge in [-0.3, -0.25) is 18.8 Å². The van der Waals surface area contributed by atoms with Crippen LogP contribution in [0.15, 0.2) is 53.6 Å². The summed E-state index contributed by atoms with van der Waals surface area (Å²) in [5.74, 6) is -0.769. The van der Waals surface area contributed by atoms with Crippen molar-refractivity contribution in [3.63, 3.8) is 0 Å². The van der Waals surface area contributed by atoms with E-state index in [0.29, 0.717) is 23.7 Å². The standard InChI is InChI=1S/C23H23FN4O3/c24-18-9-6-16(7-10-18)22(30)27-19-13-25-20-11-8-17(14-28(20)23(19)31)21(29)26-12-15-4-2-1-3-5-15/h6-11,13-15H,1-5,12H2,(H,26,29)(H,27,30). The third-order valence-corrected chi connectivity index (χ3v) is 5.59. The zero-order valence-corrected chi connectivity index (χ0v) is 16.9. The number of anilines is 1. The van der Waals surface area contributed by atoms with Gasteiger partial charge in [0.15, 0.2) is 0 Å². The number of carbonyl (C=O) groups excluding carboxylic acids is 2. The molecule has 4 rings (SSSR count). The predicted molar refractivity (Wildman–Crippen MR) is 115 cm³/mol. The van der Waals surface area contributed by atoms with E-state index in [1.54, 1.807) is 12.1 Å². The summed E-state index contributed by atoms with van der Waals surface area (Å²) in [7, 11) is 0. The fraction of sp³-hybridized carbons (Fsp3) is 0.304. The monoisotopic (exact) mass is 422 g/mol. The second-order valence-electron chi connectivity index (χ2n) is 7.80. The van der Waals surface area contributed by atoms with Gasteiger partial charge < -0.3 is 10.6 Å². The van der Waals surface area contributed by atoms with E-state index in [2.05, 4.69) is 15.6 Å². The van der Waals surface area contributed by atoms with Crippen LogP contribution in [-0.4, -0.2) is 27.7 Å². The van der Waals surface area contributed by atoms with Gasteiger partial charge in [-0.1, -0.05) is 19.3 Å². The van der Waals surface area contributed by atoms with Crippen molar-refractivity contribution in [2.24, 2.45) is 5.92 Å². The molecular weight excluding hydrogens is 399 g/mol. The molecular formula is C23H23FN4O3. The quantitative estimate of drug-likeness (QED) is 0.659. The summed E-state index contributed by atoms with van der Waals surface area (Å²) >= 11 is 0. The van der Waals surface area contributed by atoms with Crippen LogP contribution in [0.2, 0.25) is 0 Å². The second-order valence-corrected chi connectivity index (χ2v) is 7.80. The highest BCUT2D eigenvalue weighted by Gasteiger charge is 2.16. The Balaban J connectivity index is 1.52. The molecule has 2 N–H and O–H groups in total. The summed E-state index contributed by atoms with van der Waals surface area (Å²) in [5, 5.41) is 5.45. The molecule has 7 nitrogen and oxygen atoms in total. The third kappa shape index (κ3) is 4.79. The largest absolute Gasteiger partial charge is 0.352 e. The highest BCUT2D eigenvalue weighted by Crippen LogP contribution is 2.22. The first-order valence-electron chi connectivity index (χ1n) is 10.4. The minimum Gasteiger partial charge on any atom is -0.352 e. The molecule has 160 valence electrons. The SMILES string of the molecule is O=C(NCC1CCCCC1)c1ccc2ncc(NC(=O)c3ccc(F)cc3)c(=O)n2c1. The average molecular weight is 422 g/mol. The van der Waals surface area contributed by atoms with Crippen molar-refractivity contribution in [3.05, 3.63) is 76.1 Å². The van der Waals surface area contributed by atoms with Gasteiger partial charge >= 0.3 is 0 Å². The van der Waals surface area contributed by atoms with E-state index in [0.717, 1.165) is 12.8 Å². The molecule has 0 atom stereocenters. The van der Waals surface area contributed by atoms with Gasteiger partial charge in [-0.15, -0.1) is 0 Å². The maximum absolute atomic E-state index is 13.1. The van der Waals surface area contributed by atoms with Gasteiger partial charge in [0.05, 0.1) is 11.8 Å². The number of nitrogens with one attached hydrogen (secondary N) is 2. The van der Waals surface area contributed by atoms with Crippen LogP contribution >= 0.6 is 0 Å². The van der Waals surface area contributed by atoms with E-state index in [1.807, 2.05) is 0 Å². The molecule has 1 saturated carbocycles. The molecule has 2 heterocycles. The molecule has 1 aliphatic rings. The van der Waals surface area contributed by atoms with E-state index >= 15 is 0 Å². The zero-order valence-electron chi connectivity index (χ0n) is 16.9. The van der Waals surface area contributed by atoms with Gasteiger partial charge in [0, 0.05) is 18.3 Å². The smallest absolute Gasteiger partial charge is 0.281 e. The van der Waals surface area contributed by atoms with Crippen molar-refractivity contribution in [1.82, 2.24) is 14.7 Å². The van der Waals surface area contributed by atoms with Gasteiger partial charge in [-0.2, -0.15) is 0 Å². The Kier molecular flexibility index (Phi) is 6.06. The number of carbonyl (C=O) groups is 2. The Labute approximate surface area is 178 Å². The average Bonchev–Trinajstić information content (AvgIpc) is 2.80. The molecule has 31 heavy (non-hydrogen) atoms. The van der Waals surface area contributed by atoms with Crippen LogP contribution in [0, 0.1) is 11.7 Å². The minimum atomic E-state index is -0.555. The lowest BCUT2D eigenvalue weighted by Gasteiger charge is -2.21. The summed E-state index contributed by atoms with van der Waals surface area (Å²) in [6, 6.07) is 8.19. The lowest BCUT2D eigenvalue weighted by molar-refractivity contribution is 0.0942. The topological polar surface area (TPSA) is 92.6 Å². The summed E-state index contributed by atoms with van der Waals surface area (Å²) in [4.78, 5) is 41.9. The normalized spacial score (nSPS) is 14.4. The van der Waals surface area contributed by atoms with Gasteiger partial charge in [0.1, 0.15) is 17.2 Å². The number of pyridine rings is 1. The number of amides is 2. The van der Waals surface area contributed by atoms with E-state index in [-0.39, 0.29) is 17.2 Å². The van der Waals surface area contributed by atoms with Crippen molar-refractivity contribution in [3.8, 4) is 0 Å². The molecule has 3 aromatic rings. The molecule has 1 aliphatic carbocycles. The highest BCUT2D eigenvalue weighted by molar-refractivity contribution is 6.04. The number of rotatable bonds is 5. The fourth-order valence-electron chi connectivity index (χ4n) is 3.82. The van der Waals surface area contributed by atoms with Crippen molar-refractivity contribution in [1.29, 1.82) is 0 Å². The molecule has 0 radical (unpaired) electrons. The van der Waals surface area contributed by atoms with Crippen molar-refractivity contribution in [2.75, 3.05) is 11.9 Å². The molecule has 0 spiro atoms. The van der Waals surface area contributed by atoms with Crippen molar-refractivity contribution in [2.45, 2.75) is 32.1 Å². The van der Waals surface area contributed by atoms with E-state index < -0.39 is 17.3 Å². The third-order valence-electron chi connectivity index (χ3n) is 5.59. The van der Waals surface area contributed by atoms with Gasteiger partial charge in [0.2, 0.25) is 0 Å². The molecule has 0 saturated heterocycles. The molecule has 0 unspecified atom stereocenters. The minimum absolute atomic E-state index is 0.0356. The molecule has 2 amide bonds. The highest BCUT2D eigenvalue weighted by atomic mass is 19.1. The van der Waals surface area contributed by atoms with E-state index in [9.17, 15) is 18.8 Å². The number of hydrogen-bond acceptors (Lipinski definition) is 4. The summed E-state index contributed by atoms with van der Waals surface area (Å²) in [6.07, 6.45) is 8.59. The number of nitrogens with zero attached hydrogens (tertiary/aromatic N) is 2. The Morgan fingerprint density at radius 3 is 2.45 bits per heavy atom. The lowest BCUT2D eigenvalue weighted by atomic mass is 9.89. The first-order valence-corrected chi connectivity index (χ1v) is 10.4. The van der Waals surface area contributed by atoms with E-state index in [1.165, 1.54) is 60.3 Å². The molecule has 2 aromatic heterocycles. The van der Waals surface area contributed by atoms with Gasteiger partial charge in [-0.25, -0.2) is 9.37 Å². The predicted octanol–water partition coefficient (Wildman–Crippen LogP) is 3.40. The summed E-state index contributed by atoms with van der Waals surface area (Å²) < 4.78 is 14.3. The molecule has 0 bridgehead atoms. The number of aromatic nitrogens is 2. The lowest BCUT2D eigenvalue weighted by Crippen LogP contribution is -2.31. The molecule has 1 aromatic carbocycles. The Morgan fingerprint density at radius 2 is 1.71 bits per heavy atom. The van der Waals surface area contributed by atoms with Crippen LogP contribution in [-0.2, 0) is 0 Å². The number of benzene rings is 1. The number of fused-ring (bicyclic) bond motifs is 1. The Morgan fingerprint density at radius 1 is 1.00 bits per heavy atom. The van der Waals surface area contributed by atoms with Gasteiger partial charge in [-0.05, 0) is 55.2 Å². The Hall–Kier alpha value is -3.55. The van der Waals surface area contributed by atoms with Crippen LogP contribution < -0.4 is 16.2 Å². The van der Waals surface area contributed by atoms with Crippen LogP contribution in [0.5, 0.6) is 0 Å². The van der Waals surface area contributed by atoms with Crippen LogP contribution in [0.1, 0.15) is 52.8 Å². The second kappa shape index (κ2) is 9.07. The van der Waals surface area contributed by atoms with Crippen LogP contribution in [0.3, 0.4) is 0 Å². The number of hydrogen-bond donors (Lipinski definition) is 2. The zero-order chi connectivity index (χ0) is 21.8. The molecule has 1 fully saturated rings. The maximum atomic E-state index is 13.1.